The van der Waals surface area contributed by atoms with Crippen LogP contribution in [0.4, 0.5) is 0 Å². The van der Waals surface area contributed by atoms with Crippen LogP contribution in [0.25, 0.3) is 20.2 Å². The Balaban J connectivity index is 1.96. The van der Waals surface area contributed by atoms with Crippen molar-refractivity contribution in [3.8, 4) is 0 Å². The second-order valence-corrected chi connectivity index (χ2v) is 7.18. The summed E-state index contributed by atoms with van der Waals surface area (Å²) in [5, 5.41) is 2.86. The predicted octanol–water partition coefficient (Wildman–Crippen LogP) is 5.57. The Labute approximate surface area is 111 Å². The molecular weight excluding hydrogens is 236 g/mol. The van der Waals surface area contributed by atoms with E-state index in [0.717, 1.165) is 5.92 Å². The Hall–Kier alpha value is -1.34. The van der Waals surface area contributed by atoms with E-state index in [1.165, 1.54) is 32.2 Å². The van der Waals surface area contributed by atoms with Crippen molar-refractivity contribution in [1.82, 2.24) is 0 Å². The third-order valence-electron chi connectivity index (χ3n) is 4.32. The average Bonchev–Trinajstić information content (AvgIpc) is 2.85. The first-order valence-corrected chi connectivity index (χ1v) is 7.38. The van der Waals surface area contributed by atoms with Crippen LogP contribution in [0.2, 0.25) is 0 Å². The van der Waals surface area contributed by atoms with Crippen LogP contribution in [0.3, 0.4) is 0 Å². The highest BCUT2D eigenvalue weighted by Gasteiger charge is 2.46. The molecule has 0 nitrogen and oxygen atoms in total. The molecule has 4 rings (SSSR count). The van der Waals surface area contributed by atoms with Gasteiger partial charge < -0.3 is 0 Å². The molecule has 1 aliphatic rings. The zero-order valence-electron chi connectivity index (χ0n) is 10.7. The van der Waals surface area contributed by atoms with Gasteiger partial charge in [-0.2, -0.15) is 0 Å². The summed E-state index contributed by atoms with van der Waals surface area (Å²) < 4.78 is 2.82. The maximum atomic E-state index is 2.42. The molecule has 0 aliphatic heterocycles. The summed E-state index contributed by atoms with van der Waals surface area (Å²) in [6, 6.07) is 15.8. The molecule has 1 fully saturated rings. The van der Waals surface area contributed by atoms with Crippen LogP contribution in [0.5, 0.6) is 0 Å². The molecule has 1 aromatic heterocycles. The summed E-state index contributed by atoms with van der Waals surface area (Å²) in [5.74, 6) is 0.764. The molecule has 1 saturated carbocycles. The van der Waals surface area contributed by atoms with Crippen LogP contribution < -0.4 is 0 Å². The molecule has 0 N–H and O–H groups in total. The standard InChI is InChI=1S/C17H16S/c1-17(2)10-14(17)11-7-8-16-13(9-11)12-5-3-4-6-15(12)18-16/h3-9,14H,10H2,1-2H3. The van der Waals surface area contributed by atoms with Crippen molar-refractivity contribution in [2.75, 3.05) is 0 Å². The van der Waals surface area contributed by atoms with E-state index < -0.39 is 0 Å². The van der Waals surface area contributed by atoms with Gasteiger partial charge in [-0.05, 0) is 41.5 Å². The molecule has 1 aliphatic carbocycles. The molecule has 2 aromatic carbocycles. The van der Waals surface area contributed by atoms with Gasteiger partial charge in [0.2, 0.25) is 0 Å². The lowest BCUT2D eigenvalue weighted by atomic mass is 10.0. The Kier molecular flexibility index (Phi) is 1.97. The molecule has 1 heterocycles. The van der Waals surface area contributed by atoms with Gasteiger partial charge in [0, 0.05) is 20.2 Å². The lowest BCUT2D eigenvalue weighted by molar-refractivity contribution is 0.622. The van der Waals surface area contributed by atoms with Crippen molar-refractivity contribution < 1.29 is 0 Å². The Bertz CT molecular complexity index is 748. The van der Waals surface area contributed by atoms with Gasteiger partial charge in [0.05, 0.1) is 0 Å². The number of hydrogen-bond acceptors (Lipinski definition) is 1. The van der Waals surface area contributed by atoms with Crippen LogP contribution in [0.15, 0.2) is 42.5 Å². The minimum atomic E-state index is 0.513. The second-order valence-electron chi connectivity index (χ2n) is 6.10. The zero-order chi connectivity index (χ0) is 12.3. The number of fused-ring (bicyclic) bond motifs is 3. The fourth-order valence-corrected chi connectivity index (χ4v) is 4.08. The van der Waals surface area contributed by atoms with Crippen LogP contribution in [0, 0.1) is 5.41 Å². The van der Waals surface area contributed by atoms with Gasteiger partial charge in [-0.1, -0.05) is 38.1 Å². The van der Waals surface area contributed by atoms with E-state index in [1.807, 2.05) is 11.3 Å². The van der Waals surface area contributed by atoms with Gasteiger partial charge >= 0.3 is 0 Å². The number of hydrogen-bond donors (Lipinski definition) is 0. The fraction of sp³-hybridized carbons (Fsp3) is 0.294. The van der Waals surface area contributed by atoms with Gasteiger partial charge in [-0.15, -0.1) is 11.3 Å². The van der Waals surface area contributed by atoms with Gasteiger partial charge in [-0.3, -0.25) is 0 Å². The maximum Gasteiger partial charge on any atom is 0.0355 e. The fourth-order valence-electron chi connectivity index (χ4n) is 3.00. The lowest BCUT2D eigenvalue weighted by Crippen LogP contribution is -1.89. The normalized spacial score (nSPS) is 21.6. The predicted molar refractivity (Wildman–Crippen MR) is 80.5 cm³/mol. The number of benzene rings is 2. The van der Waals surface area contributed by atoms with Crippen molar-refractivity contribution in [2.24, 2.45) is 5.41 Å². The van der Waals surface area contributed by atoms with E-state index in [1.54, 1.807) is 0 Å². The summed E-state index contributed by atoms with van der Waals surface area (Å²) in [7, 11) is 0. The van der Waals surface area contributed by atoms with Crippen LogP contribution in [-0.4, -0.2) is 0 Å². The monoisotopic (exact) mass is 252 g/mol. The first kappa shape index (κ1) is 10.6. The number of thiophene rings is 1. The summed E-state index contributed by atoms with van der Waals surface area (Å²) in [6.07, 6.45) is 1.33. The van der Waals surface area contributed by atoms with Gasteiger partial charge in [0.25, 0.3) is 0 Å². The molecule has 0 radical (unpaired) electrons. The molecule has 1 heteroatoms. The third-order valence-corrected chi connectivity index (χ3v) is 5.47. The van der Waals surface area contributed by atoms with Gasteiger partial charge in [0.15, 0.2) is 0 Å². The quantitative estimate of drug-likeness (QED) is 0.531. The smallest absolute Gasteiger partial charge is 0.0355 e. The molecule has 3 aromatic rings. The molecular formula is C17H16S. The maximum absolute atomic E-state index is 2.42. The van der Waals surface area contributed by atoms with Crippen molar-refractivity contribution in [1.29, 1.82) is 0 Å². The van der Waals surface area contributed by atoms with Crippen LogP contribution >= 0.6 is 11.3 Å². The molecule has 1 atom stereocenters. The topological polar surface area (TPSA) is 0 Å². The minimum Gasteiger partial charge on any atom is -0.135 e. The van der Waals surface area contributed by atoms with Crippen molar-refractivity contribution in [3.63, 3.8) is 0 Å². The van der Waals surface area contributed by atoms with Crippen molar-refractivity contribution >= 4 is 31.5 Å². The summed E-state index contributed by atoms with van der Waals surface area (Å²) in [4.78, 5) is 0. The molecule has 18 heavy (non-hydrogen) atoms. The highest BCUT2D eigenvalue weighted by Crippen LogP contribution is 2.59. The molecule has 0 amide bonds. The first-order chi connectivity index (χ1) is 8.65. The first-order valence-electron chi connectivity index (χ1n) is 6.56. The number of rotatable bonds is 1. The van der Waals surface area contributed by atoms with Gasteiger partial charge in [0.1, 0.15) is 0 Å². The zero-order valence-corrected chi connectivity index (χ0v) is 11.6. The molecule has 0 spiro atoms. The lowest BCUT2D eigenvalue weighted by Gasteiger charge is -2.04. The summed E-state index contributed by atoms with van der Waals surface area (Å²) in [5.41, 5.74) is 2.04. The summed E-state index contributed by atoms with van der Waals surface area (Å²) >= 11 is 1.90. The van der Waals surface area contributed by atoms with Crippen LogP contribution in [-0.2, 0) is 0 Å². The SMILES string of the molecule is CC1(C)CC1c1ccc2sc3ccccc3c2c1. The Morgan fingerprint density at radius 3 is 2.50 bits per heavy atom. The second kappa shape index (κ2) is 3.36. The molecule has 90 valence electrons. The summed E-state index contributed by atoms with van der Waals surface area (Å²) in [6.45, 7) is 4.74. The Morgan fingerprint density at radius 2 is 1.72 bits per heavy atom. The van der Waals surface area contributed by atoms with E-state index >= 15 is 0 Å². The largest absolute Gasteiger partial charge is 0.135 e. The van der Waals surface area contributed by atoms with E-state index in [2.05, 4.69) is 56.3 Å². The van der Waals surface area contributed by atoms with E-state index in [0.29, 0.717) is 5.41 Å². The molecule has 1 unspecified atom stereocenters. The Morgan fingerprint density at radius 1 is 1.00 bits per heavy atom. The molecule has 0 saturated heterocycles. The van der Waals surface area contributed by atoms with E-state index in [4.69, 9.17) is 0 Å². The minimum absolute atomic E-state index is 0.513. The molecule has 0 bridgehead atoms. The highest BCUT2D eigenvalue weighted by atomic mass is 32.1. The highest BCUT2D eigenvalue weighted by molar-refractivity contribution is 7.25. The third kappa shape index (κ3) is 1.44. The van der Waals surface area contributed by atoms with Gasteiger partial charge in [-0.25, -0.2) is 0 Å². The van der Waals surface area contributed by atoms with E-state index in [9.17, 15) is 0 Å². The van der Waals surface area contributed by atoms with Crippen molar-refractivity contribution in [2.45, 2.75) is 26.2 Å². The van der Waals surface area contributed by atoms with Crippen LogP contribution in [0.1, 0.15) is 31.7 Å². The van der Waals surface area contributed by atoms with Crippen molar-refractivity contribution in [3.05, 3.63) is 48.0 Å². The van der Waals surface area contributed by atoms with E-state index in [-0.39, 0.29) is 0 Å². The average molecular weight is 252 g/mol.